The molecule has 0 bridgehead atoms. The van der Waals surface area contributed by atoms with Crippen LogP contribution in [0.25, 0.3) is 4.96 Å². The topological polar surface area (TPSA) is 17.3 Å². The van der Waals surface area contributed by atoms with Gasteiger partial charge in [-0.2, -0.15) is 0 Å². The van der Waals surface area contributed by atoms with Gasteiger partial charge in [-0.05, 0) is 12.3 Å². The molecule has 1 unspecified atom stereocenters. The van der Waals surface area contributed by atoms with Gasteiger partial charge < -0.3 is 0 Å². The number of alkyl halides is 1. The Hall–Kier alpha value is -0.350. The van der Waals surface area contributed by atoms with Crippen molar-refractivity contribution in [3.8, 4) is 0 Å². The first-order chi connectivity index (χ1) is 6.29. The van der Waals surface area contributed by atoms with Crippen molar-refractivity contribution in [2.45, 2.75) is 13.3 Å². The molecule has 4 heteroatoms. The van der Waals surface area contributed by atoms with Crippen LogP contribution in [0.15, 0.2) is 17.8 Å². The van der Waals surface area contributed by atoms with Crippen LogP contribution in [-0.2, 0) is 6.42 Å². The lowest BCUT2D eigenvalue weighted by Gasteiger charge is -2.02. The first-order valence-corrected chi connectivity index (χ1v) is 6.26. The molecule has 0 saturated heterocycles. The molecule has 0 aromatic carbocycles. The van der Waals surface area contributed by atoms with Gasteiger partial charge >= 0.3 is 0 Å². The zero-order chi connectivity index (χ0) is 9.26. The second kappa shape index (κ2) is 3.80. The number of rotatable bonds is 3. The van der Waals surface area contributed by atoms with Crippen LogP contribution in [-0.4, -0.2) is 14.7 Å². The fraction of sp³-hybridized carbons (Fsp3) is 0.444. The Balaban J connectivity index is 2.20. The third-order valence-electron chi connectivity index (χ3n) is 1.96. The van der Waals surface area contributed by atoms with Gasteiger partial charge in [0.15, 0.2) is 4.96 Å². The Morgan fingerprint density at radius 2 is 2.54 bits per heavy atom. The lowest BCUT2D eigenvalue weighted by atomic mass is 10.1. The molecule has 1 atom stereocenters. The summed E-state index contributed by atoms with van der Waals surface area (Å²) < 4.78 is 2.08. The number of imidazole rings is 1. The number of hydrogen-bond acceptors (Lipinski definition) is 2. The van der Waals surface area contributed by atoms with Crippen LogP contribution in [0.1, 0.15) is 12.6 Å². The van der Waals surface area contributed by atoms with E-state index < -0.39 is 0 Å². The Kier molecular flexibility index (Phi) is 2.69. The van der Waals surface area contributed by atoms with Crippen molar-refractivity contribution in [2.24, 2.45) is 5.92 Å². The van der Waals surface area contributed by atoms with Gasteiger partial charge in [0.05, 0.1) is 5.69 Å². The van der Waals surface area contributed by atoms with E-state index in [4.69, 9.17) is 0 Å². The highest BCUT2D eigenvalue weighted by molar-refractivity contribution is 9.09. The minimum absolute atomic E-state index is 0.657. The molecule has 2 aromatic heterocycles. The Labute approximate surface area is 89.7 Å². The summed E-state index contributed by atoms with van der Waals surface area (Å²) in [4.78, 5) is 5.62. The van der Waals surface area contributed by atoms with Gasteiger partial charge in [-0.3, -0.25) is 4.40 Å². The van der Waals surface area contributed by atoms with E-state index in [-0.39, 0.29) is 0 Å². The molecular formula is C9H11BrN2S. The largest absolute Gasteiger partial charge is 0.297 e. The van der Waals surface area contributed by atoms with Crippen LogP contribution in [0, 0.1) is 5.92 Å². The van der Waals surface area contributed by atoms with Gasteiger partial charge in [-0.15, -0.1) is 11.3 Å². The van der Waals surface area contributed by atoms with E-state index in [1.54, 1.807) is 11.3 Å². The fourth-order valence-electron chi connectivity index (χ4n) is 1.29. The third-order valence-corrected chi connectivity index (χ3v) is 3.84. The maximum absolute atomic E-state index is 4.52. The molecule has 0 saturated carbocycles. The SMILES string of the molecule is CC(CBr)Cc1cn2ccsc2n1. The van der Waals surface area contributed by atoms with Gasteiger partial charge in [0.1, 0.15) is 0 Å². The summed E-state index contributed by atoms with van der Waals surface area (Å²) in [5.74, 6) is 0.657. The molecule has 0 spiro atoms. The summed E-state index contributed by atoms with van der Waals surface area (Å²) in [5, 5.41) is 3.10. The molecule has 70 valence electrons. The average molecular weight is 259 g/mol. The summed E-state index contributed by atoms with van der Waals surface area (Å²) >= 11 is 5.16. The summed E-state index contributed by atoms with van der Waals surface area (Å²) in [6.07, 6.45) is 5.22. The van der Waals surface area contributed by atoms with Gasteiger partial charge in [0.25, 0.3) is 0 Å². The highest BCUT2D eigenvalue weighted by Crippen LogP contribution is 2.14. The Bertz CT molecular complexity index is 364. The molecule has 2 rings (SSSR count). The van der Waals surface area contributed by atoms with Crippen LogP contribution in [0.4, 0.5) is 0 Å². The minimum Gasteiger partial charge on any atom is -0.297 e. The molecule has 0 aliphatic carbocycles. The molecule has 0 fully saturated rings. The standard InChI is InChI=1S/C9H11BrN2S/c1-7(5-10)4-8-6-12-2-3-13-9(12)11-8/h2-3,6-7H,4-5H2,1H3. The molecule has 2 aromatic rings. The third kappa shape index (κ3) is 1.94. The molecule has 0 radical (unpaired) electrons. The van der Waals surface area contributed by atoms with E-state index in [0.717, 1.165) is 16.7 Å². The van der Waals surface area contributed by atoms with E-state index in [0.29, 0.717) is 5.92 Å². The minimum atomic E-state index is 0.657. The van der Waals surface area contributed by atoms with Crippen molar-refractivity contribution in [1.82, 2.24) is 9.38 Å². The quantitative estimate of drug-likeness (QED) is 0.774. The predicted molar refractivity (Wildman–Crippen MR) is 59.7 cm³/mol. The second-order valence-corrected chi connectivity index (χ2v) is 4.81. The molecular weight excluding hydrogens is 248 g/mol. The van der Waals surface area contributed by atoms with Crippen molar-refractivity contribution in [3.05, 3.63) is 23.5 Å². The van der Waals surface area contributed by atoms with Crippen molar-refractivity contribution in [3.63, 3.8) is 0 Å². The Morgan fingerprint density at radius 1 is 1.69 bits per heavy atom. The van der Waals surface area contributed by atoms with Crippen LogP contribution in [0.5, 0.6) is 0 Å². The van der Waals surface area contributed by atoms with Crippen LogP contribution in [0.3, 0.4) is 0 Å². The average Bonchev–Trinajstić information content (AvgIpc) is 2.63. The number of fused-ring (bicyclic) bond motifs is 1. The van der Waals surface area contributed by atoms with E-state index >= 15 is 0 Å². The predicted octanol–water partition coefficient (Wildman–Crippen LogP) is 2.97. The van der Waals surface area contributed by atoms with E-state index in [1.165, 1.54) is 5.69 Å². The maximum Gasteiger partial charge on any atom is 0.193 e. The van der Waals surface area contributed by atoms with Crippen LogP contribution in [0.2, 0.25) is 0 Å². The number of thiazole rings is 1. The van der Waals surface area contributed by atoms with Crippen LogP contribution < -0.4 is 0 Å². The molecule has 0 aliphatic heterocycles. The van der Waals surface area contributed by atoms with Gasteiger partial charge in [-0.25, -0.2) is 4.98 Å². The van der Waals surface area contributed by atoms with Crippen LogP contribution >= 0.6 is 27.3 Å². The van der Waals surface area contributed by atoms with E-state index in [2.05, 4.69) is 50.0 Å². The number of aromatic nitrogens is 2. The zero-order valence-electron chi connectivity index (χ0n) is 7.40. The van der Waals surface area contributed by atoms with Crippen molar-refractivity contribution in [1.29, 1.82) is 0 Å². The lowest BCUT2D eigenvalue weighted by molar-refractivity contribution is 0.653. The lowest BCUT2D eigenvalue weighted by Crippen LogP contribution is -2.00. The van der Waals surface area contributed by atoms with Gasteiger partial charge in [0.2, 0.25) is 0 Å². The fourth-order valence-corrected chi connectivity index (χ4v) is 2.23. The number of nitrogens with zero attached hydrogens (tertiary/aromatic N) is 2. The monoisotopic (exact) mass is 258 g/mol. The van der Waals surface area contributed by atoms with E-state index in [1.807, 2.05) is 0 Å². The number of hydrogen-bond donors (Lipinski definition) is 0. The molecule has 2 nitrogen and oxygen atoms in total. The van der Waals surface area contributed by atoms with Crippen molar-refractivity contribution >= 4 is 32.2 Å². The normalized spacial score (nSPS) is 13.7. The first-order valence-electron chi connectivity index (χ1n) is 4.26. The number of halogens is 1. The van der Waals surface area contributed by atoms with Crippen molar-refractivity contribution in [2.75, 3.05) is 5.33 Å². The van der Waals surface area contributed by atoms with E-state index in [9.17, 15) is 0 Å². The highest BCUT2D eigenvalue weighted by Gasteiger charge is 2.06. The summed E-state index contributed by atoms with van der Waals surface area (Å²) in [5.41, 5.74) is 1.19. The summed E-state index contributed by atoms with van der Waals surface area (Å²) in [6.45, 7) is 2.22. The van der Waals surface area contributed by atoms with Crippen molar-refractivity contribution < 1.29 is 0 Å². The molecule has 0 amide bonds. The zero-order valence-corrected chi connectivity index (χ0v) is 9.81. The maximum atomic E-state index is 4.52. The molecule has 0 N–H and O–H groups in total. The molecule has 2 heterocycles. The van der Waals surface area contributed by atoms with Gasteiger partial charge in [0, 0.05) is 23.1 Å². The second-order valence-electron chi connectivity index (χ2n) is 3.29. The summed E-state index contributed by atoms with van der Waals surface area (Å²) in [6, 6.07) is 0. The summed E-state index contributed by atoms with van der Waals surface area (Å²) in [7, 11) is 0. The van der Waals surface area contributed by atoms with Gasteiger partial charge in [-0.1, -0.05) is 22.9 Å². The Morgan fingerprint density at radius 3 is 3.23 bits per heavy atom. The first kappa shape index (κ1) is 9.21. The smallest absolute Gasteiger partial charge is 0.193 e. The molecule has 13 heavy (non-hydrogen) atoms. The molecule has 0 aliphatic rings. The highest BCUT2D eigenvalue weighted by atomic mass is 79.9.